The van der Waals surface area contributed by atoms with E-state index in [1.54, 1.807) is 0 Å². The average molecular weight is 695 g/mol. The standard InChI is InChI=1S/C44H40O4P2/c1-31(2)43(45)47-37-27-17-29-39(49(33-19-9-5-10-20-33)34-21-11-6-12-22-34)41(37)42-38(48-44(46)32(3)4)28-18-30-40(42)50(35-23-13-7-14-24-35)36-25-15-8-16-26-36/h5-32H,1-4H3. The van der Waals surface area contributed by atoms with Crippen molar-refractivity contribution in [2.24, 2.45) is 11.8 Å². The van der Waals surface area contributed by atoms with Crippen LogP contribution in [0.2, 0.25) is 0 Å². The zero-order chi connectivity index (χ0) is 35.0. The van der Waals surface area contributed by atoms with Crippen LogP contribution in [-0.2, 0) is 9.59 Å². The van der Waals surface area contributed by atoms with Crippen LogP contribution < -0.4 is 41.3 Å². The van der Waals surface area contributed by atoms with Gasteiger partial charge in [-0.05, 0) is 59.8 Å². The van der Waals surface area contributed by atoms with Crippen LogP contribution in [0.3, 0.4) is 0 Å². The van der Waals surface area contributed by atoms with Crippen molar-refractivity contribution >= 4 is 59.6 Å². The Morgan fingerprint density at radius 1 is 0.400 bits per heavy atom. The van der Waals surface area contributed by atoms with Gasteiger partial charge in [-0.25, -0.2) is 0 Å². The fourth-order valence-corrected chi connectivity index (χ4v) is 10.7. The highest BCUT2D eigenvalue weighted by Crippen LogP contribution is 2.47. The van der Waals surface area contributed by atoms with Crippen LogP contribution in [0, 0.1) is 11.8 Å². The minimum absolute atomic E-state index is 0.335. The summed E-state index contributed by atoms with van der Waals surface area (Å²) in [5.74, 6) is -0.500. The van der Waals surface area contributed by atoms with Crippen molar-refractivity contribution in [2.75, 3.05) is 0 Å². The molecule has 0 saturated heterocycles. The topological polar surface area (TPSA) is 52.6 Å². The fourth-order valence-electron chi connectivity index (χ4n) is 5.70. The van der Waals surface area contributed by atoms with Gasteiger partial charge in [0.15, 0.2) is 0 Å². The molecule has 0 radical (unpaired) electrons. The van der Waals surface area contributed by atoms with Gasteiger partial charge in [-0.1, -0.05) is 173 Å². The van der Waals surface area contributed by atoms with E-state index in [0.29, 0.717) is 11.5 Å². The van der Waals surface area contributed by atoms with Crippen molar-refractivity contribution in [1.29, 1.82) is 0 Å². The van der Waals surface area contributed by atoms with Gasteiger partial charge in [-0.3, -0.25) is 9.59 Å². The van der Waals surface area contributed by atoms with E-state index in [4.69, 9.17) is 9.47 Å². The van der Waals surface area contributed by atoms with Crippen LogP contribution in [0.4, 0.5) is 0 Å². The number of hydrogen-bond donors (Lipinski definition) is 0. The van der Waals surface area contributed by atoms with E-state index < -0.39 is 15.8 Å². The molecule has 6 heteroatoms. The van der Waals surface area contributed by atoms with E-state index >= 15 is 0 Å². The number of carbonyl (C=O) groups excluding carboxylic acids is 2. The molecule has 6 rings (SSSR count). The lowest BCUT2D eigenvalue weighted by Crippen LogP contribution is -2.28. The fraction of sp³-hybridized carbons (Fsp3) is 0.136. The van der Waals surface area contributed by atoms with Crippen LogP contribution in [-0.4, -0.2) is 11.9 Å². The number of carbonyl (C=O) groups is 2. The van der Waals surface area contributed by atoms with Gasteiger partial charge in [0.05, 0.1) is 11.8 Å². The van der Waals surface area contributed by atoms with E-state index in [0.717, 1.165) is 43.0 Å². The molecule has 0 bridgehead atoms. The smallest absolute Gasteiger partial charge is 0.313 e. The molecule has 50 heavy (non-hydrogen) atoms. The Hall–Kier alpha value is -4.88. The maximum absolute atomic E-state index is 13.4. The molecule has 0 aliphatic carbocycles. The summed E-state index contributed by atoms with van der Waals surface area (Å²) in [5.41, 5.74) is 1.50. The first kappa shape index (κ1) is 35.0. The average Bonchev–Trinajstić information content (AvgIpc) is 3.14. The predicted octanol–water partition coefficient (Wildman–Crippen LogP) is 7.99. The van der Waals surface area contributed by atoms with Gasteiger partial charge in [0.25, 0.3) is 0 Å². The molecule has 6 aromatic carbocycles. The van der Waals surface area contributed by atoms with Crippen molar-refractivity contribution < 1.29 is 19.1 Å². The zero-order valence-corrected chi connectivity index (χ0v) is 30.5. The summed E-state index contributed by atoms with van der Waals surface area (Å²) in [6.45, 7) is 7.34. The minimum atomic E-state index is -1.16. The molecule has 0 aliphatic heterocycles. The second-order valence-electron chi connectivity index (χ2n) is 12.5. The van der Waals surface area contributed by atoms with Crippen molar-refractivity contribution in [3.8, 4) is 22.6 Å². The molecule has 0 saturated carbocycles. The first-order valence-corrected chi connectivity index (χ1v) is 19.5. The summed E-state index contributed by atoms with van der Waals surface area (Å²) in [4.78, 5) is 26.9. The molecule has 0 amide bonds. The Balaban J connectivity index is 1.75. The summed E-state index contributed by atoms with van der Waals surface area (Å²) in [5, 5.41) is 6.58. The molecular weight excluding hydrogens is 654 g/mol. The Kier molecular flexibility index (Phi) is 11.3. The summed E-state index contributed by atoms with van der Waals surface area (Å²) in [6, 6.07) is 53.7. The molecule has 4 nitrogen and oxygen atoms in total. The number of esters is 2. The quantitative estimate of drug-likeness (QED) is 0.0784. The molecule has 0 fully saturated rings. The van der Waals surface area contributed by atoms with Gasteiger partial charge in [0.1, 0.15) is 11.5 Å². The van der Waals surface area contributed by atoms with Gasteiger partial charge in [-0.2, -0.15) is 0 Å². The largest absolute Gasteiger partial charge is 0.426 e. The van der Waals surface area contributed by atoms with Crippen LogP contribution in [0.1, 0.15) is 27.7 Å². The van der Waals surface area contributed by atoms with Crippen LogP contribution in [0.5, 0.6) is 11.5 Å². The molecule has 0 spiro atoms. The second kappa shape index (κ2) is 16.2. The van der Waals surface area contributed by atoms with Crippen LogP contribution >= 0.6 is 15.8 Å². The summed E-state index contributed by atoms with van der Waals surface area (Å²) < 4.78 is 12.6. The maximum atomic E-state index is 13.4. The third kappa shape index (κ3) is 7.79. The first-order chi connectivity index (χ1) is 24.3. The monoisotopic (exact) mass is 694 g/mol. The van der Waals surface area contributed by atoms with Crippen molar-refractivity contribution in [3.05, 3.63) is 158 Å². The van der Waals surface area contributed by atoms with Gasteiger partial charge < -0.3 is 9.47 Å². The lowest BCUT2D eigenvalue weighted by atomic mass is 10.0. The molecule has 0 aromatic heterocycles. The zero-order valence-electron chi connectivity index (χ0n) is 28.7. The summed E-state index contributed by atoms with van der Waals surface area (Å²) >= 11 is 0. The van der Waals surface area contributed by atoms with E-state index in [2.05, 4.69) is 109 Å². The summed E-state index contributed by atoms with van der Waals surface area (Å²) in [6.07, 6.45) is 0. The predicted molar refractivity (Wildman–Crippen MR) is 210 cm³/mol. The second-order valence-corrected chi connectivity index (χ2v) is 16.8. The molecule has 250 valence electrons. The molecule has 0 heterocycles. The highest BCUT2D eigenvalue weighted by molar-refractivity contribution is 7.80. The Bertz CT molecular complexity index is 1820. The molecular formula is C44H40O4P2. The van der Waals surface area contributed by atoms with E-state index in [-0.39, 0.29) is 23.8 Å². The van der Waals surface area contributed by atoms with Gasteiger partial charge in [0, 0.05) is 11.1 Å². The van der Waals surface area contributed by atoms with Crippen molar-refractivity contribution in [3.63, 3.8) is 0 Å². The number of hydrogen-bond acceptors (Lipinski definition) is 4. The van der Waals surface area contributed by atoms with Crippen molar-refractivity contribution in [2.45, 2.75) is 27.7 Å². The molecule has 6 aromatic rings. The summed E-state index contributed by atoms with van der Waals surface area (Å²) in [7, 11) is -2.31. The Morgan fingerprint density at radius 3 is 0.940 bits per heavy atom. The van der Waals surface area contributed by atoms with Gasteiger partial charge in [0.2, 0.25) is 0 Å². The van der Waals surface area contributed by atoms with Crippen LogP contribution in [0.15, 0.2) is 158 Å². The Morgan fingerprint density at radius 2 is 0.680 bits per heavy atom. The normalized spacial score (nSPS) is 11.3. The highest BCUT2D eigenvalue weighted by Gasteiger charge is 2.31. The van der Waals surface area contributed by atoms with E-state index in [1.165, 1.54) is 0 Å². The van der Waals surface area contributed by atoms with Crippen LogP contribution in [0.25, 0.3) is 11.1 Å². The van der Waals surface area contributed by atoms with Gasteiger partial charge in [-0.15, -0.1) is 0 Å². The van der Waals surface area contributed by atoms with Crippen molar-refractivity contribution in [1.82, 2.24) is 0 Å². The first-order valence-electron chi connectivity index (χ1n) is 16.8. The number of rotatable bonds is 11. The van der Waals surface area contributed by atoms with E-state index in [9.17, 15) is 9.59 Å². The Labute approximate surface area is 297 Å². The highest BCUT2D eigenvalue weighted by atomic mass is 31.1. The third-order valence-corrected chi connectivity index (χ3v) is 13.1. The minimum Gasteiger partial charge on any atom is -0.426 e. The molecule has 0 aliphatic rings. The van der Waals surface area contributed by atoms with E-state index in [1.807, 2.05) is 76.2 Å². The number of benzene rings is 6. The SMILES string of the molecule is CC(C)C(=O)Oc1cccc(P(c2ccccc2)c2ccccc2)c1-c1c(OC(=O)C(C)C)cccc1P(c1ccccc1)c1ccccc1. The molecule has 0 unspecified atom stereocenters. The maximum Gasteiger partial charge on any atom is 0.313 e. The third-order valence-electron chi connectivity index (χ3n) is 8.16. The van der Waals surface area contributed by atoms with Gasteiger partial charge >= 0.3 is 11.9 Å². The lowest BCUT2D eigenvalue weighted by Gasteiger charge is -2.28. The molecule has 0 atom stereocenters. The number of ether oxygens (including phenoxy) is 2. The molecule has 0 N–H and O–H groups in total. The lowest BCUT2D eigenvalue weighted by molar-refractivity contribution is -0.138.